The van der Waals surface area contributed by atoms with Gasteiger partial charge in [0.1, 0.15) is 13.2 Å². The molecule has 0 saturated carbocycles. The molecule has 6 nitrogen and oxygen atoms in total. The maximum atomic E-state index is 12.6. The minimum atomic E-state index is -0.760. The number of rotatable bonds is 37. The Kier molecular flexibility index (Phi) is 35.0. The van der Waals surface area contributed by atoms with Crippen molar-refractivity contribution in [3.63, 3.8) is 0 Å². The summed E-state index contributed by atoms with van der Waals surface area (Å²) in [6.07, 6.45) is 32.5. The van der Waals surface area contributed by atoms with E-state index in [4.69, 9.17) is 14.2 Å². The molecule has 0 saturated heterocycles. The molecule has 0 N–H and O–H groups in total. The van der Waals surface area contributed by atoms with Crippen LogP contribution in [0.4, 0.5) is 0 Å². The lowest BCUT2D eigenvalue weighted by Gasteiger charge is -2.18. The highest BCUT2D eigenvalue weighted by Gasteiger charge is 2.19. The van der Waals surface area contributed by atoms with Gasteiger partial charge in [-0.3, -0.25) is 14.4 Å². The zero-order valence-electron chi connectivity index (χ0n) is 33.3. The number of hydrogen-bond acceptors (Lipinski definition) is 6. The molecule has 0 unspecified atom stereocenters. The number of unbranched alkanes of at least 4 members (excludes halogenated alkanes) is 22. The Balaban J connectivity index is 4.35. The lowest BCUT2D eigenvalue weighted by molar-refractivity contribution is -0.167. The molecule has 0 aliphatic rings. The fourth-order valence-electron chi connectivity index (χ4n) is 6.22. The van der Waals surface area contributed by atoms with Crippen LogP contribution >= 0.6 is 0 Å². The Morgan fingerprint density at radius 2 is 0.673 bits per heavy atom. The van der Waals surface area contributed by atoms with Crippen molar-refractivity contribution in [2.45, 2.75) is 233 Å². The lowest BCUT2D eigenvalue weighted by atomic mass is 10.0. The Morgan fingerprint density at radius 1 is 0.388 bits per heavy atom. The average molecular weight is 695 g/mol. The number of esters is 3. The third-order valence-corrected chi connectivity index (χ3v) is 9.47. The molecule has 49 heavy (non-hydrogen) atoms. The first kappa shape index (κ1) is 47.4. The van der Waals surface area contributed by atoms with E-state index in [1.807, 2.05) is 0 Å². The summed E-state index contributed by atoms with van der Waals surface area (Å²) in [5.41, 5.74) is 0. The van der Waals surface area contributed by atoms with Crippen molar-refractivity contribution >= 4 is 17.9 Å². The fourth-order valence-corrected chi connectivity index (χ4v) is 6.22. The van der Waals surface area contributed by atoms with Crippen molar-refractivity contribution in [1.82, 2.24) is 0 Å². The summed E-state index contributed by atoms with van der Waals surface area (Å²) in [6.45, 7) is 11.2. The Labute approximate surface area is 304 Å². The second kappa shape index (κ2) is 36.2. The molecular weight excluding hydrogens is 612 g/mol. The second-order valence-electron chi connectivity index (χ2n) is 15.6. The van der Waals surface area contributed by atoms with Crippen LogP contribution in [0.15, 0.2) is 0 Å². The maximum absolute atomic E-state index is 12.6. The molecule has 0 aliphatic heterocycles. The molecule has 0 amide bonds. The van der Waals surface area contributed by atoms with Gasteiger partial charge in [-0.25, -0.2) is 0 Å². The zero-order chi connectivity index (χ0) is 36.2. The molecule has 290 valence electrons. The molecule has 0 aliphatic carbocycles. The third kappa shape index (κ3) is 37.5. The van der Waals surface area contributed by atoms with Crippen LogP contribution in [0.1, 0.15) is 227 Å². The van der Waals surface area contributed by atoms with Crippen LogP contribution in [0, 0.1) is 11.8 Å². The first-order chi connectivity index (χ1) is 23.7. The summed E-state index contributed by atoms with van der Waals surface area (Å²) in [5.74, 6) is 0.676. The van der Waals surface area contributed by atoms with Crippen LogP contribution in [0.25, 0.3) is 0 Å². The number of ether oxygens (including phenoxy) is 3. The standard InChI is InChI=1S/C43H82O6/c1-6-7-8-9-10-11-12-13-14-17-25-30-35-43(46)49-40(37-48-42(45)34-29-24-20-19-22-27-32-39(4)5)36-47-41(44)33-28-23-18-15-16-21-26-31-38(2)3/h38-40H,6-37H2,1-5H3/t40-/m0/s1. The predicted octanol–water partition coefficient (Wildman–Crippen LogP) is 13.0. The number of hydrogen-bond donors (Lipinski definition) is 0. The van der Waals surface area contributed by atoms with Gasteiger partial charge in [0.2, 0.25) is 0 Å². The minimum absolute atomic E-state index is 0.0669. The molecule has 0 spiro atoms. The fraction of sp³-hybridized carbons (Fsp3) is 0.930. The minimum Gasteiger partial charge on any atom is -0.462 e. The smallest absolute Gasteiger partial charge is 0.306 e. The van der Waals surface area contributed by atoms with Crippen molar-refractivity contribution in [3.8, 4) is 0 Å². The van der Waals surface area contributed by atoms with Crippen LogP contribution in [0.3, 0.4) is 0 Å². The summed E-state index contributed by atoms with van der Waals surface area (Å²) in [4.78, 5) is 37.5. The molecule has 6 heteroatoms. The van der Waals surface area contributed by atoms with Gasteiger partial charge in [0.25, 0.3) is 0 Å². The highest BCUT2D eigenvalue weighted by molar-refractivity contribution is 5.71. The van der Waals surface area contributed by atoms with Gasteiger partial charge in [-0.15, -0.1) is 0 Å². The molecular formula is C43H82O6. The van der Waals surface area contributed by atoms with Crippen molar-refractivity contribution in [2.24, 2.45) is 11.8 Å². The highest BCUT2D eigenvalue weighted by Crippen LogP contribution is 2.16. The maximum Gasteiger partial charge on any atom is 0.306 e. The third-order valence-electron chi connectivity index (χ3n) is 9.47. The normalized spacial score (nSPS) is 12.1. The van der Waals surface area contributed by atoms with Gasteiger partial charge >= 0.3 is 17.9 Å². The van der Waals surface area contributed by atoms with Crippen LogP contribution in [-0.4, -0.2) is 37.2 Å². The van der Waals surface area contributed by atoms with E-state index in [9.17, 15) is 14.4 Å². The predicted molar refractivity (Wildman–Crippen MR) is 206 cm³/mol. The lowest BCUT2D eigenvalue weighted by Crippen LogP contribution is -2.30. The molecule has 1 atom stereocenters. The molecule has 0 aromatic rings. The zero-order valence-corrected chi connectivity index (χ0v) is 33.3. The first-order valence-corrected chi connectivity index (χ1v) is 21.2. The topological polar surface area (TPSA) is 78.9 Å². The van der Waals surface area contributed by atoms with E-state index < -0.39 is 6.10 Å². The molecule has 0 rings (SSSR count). The largest absolute Gasteiger partial charge is 0.462 e. The van der Waals surface area contributed by atoms with Crippen molar-refractivity contribution in [2.75, 3.05) is 13.2 Å². The van der Waals surface area contributed by atoms with Crippen LogP contribution < -0.4 is 0 Å². The van der Waals surface area contributed by atoms with Gasteiger partial charge < -0.3 is 14.2 Å². The van der Waals surface area contributed by atoms with Crippen LogP contribution in [-0.2, 0) is 28.6 Å². The van der Waals surface area contributed by atoms with Crippen LogP contribution in [0.2, 0.25) is 0 Å². The summed E-state index contributed by atoms with van der Waals surface area (Å²) in [7, 11) is 0. The molecule has 0 heterocycles. The summed E-state index contributed by atoms with van der Waals surface area (Å²) < 4.78 is 16.6. The summed E-state index contributed by atoms with van der Waals surface area (Å²) >= 11 is 0. The first-order valence-electron chi connectivity index (χ1n) is 21.2. The Morgan fingerprint density at radius 3 is 1.00 bits per heavy atom. The second-order valence-corrected chi connectivity index (χ2v) is 15.6. The molecule has 0 aromatic carbocycles. The van der Waals surface area contributed by atoms with Gasteiger partial charge in [0.15, 0.2) is 6.10 Å². The number of carbonyl (C=O) groups excluding carboxylic acids is 3. The van der Waals surface area contributed by atoms with E-state index in [0.717, 1.165) is 69.6 Å². The van der Waals surface area contributed by atoms with Crippen molar-refractivity contribution in [3.05, 3.63) is 0 Å². The van der Waals surface area contributed by atoms with Crippen LogP contribution in [0.5, 0.6) is 0 Å². The molecule has 0 radical (unpaired) electrons. The highest BCUT2D eigenvalue weighted by atomic mass is 16.6. The van der Waals surface area contributed by atoms with Gasteiger partial charge in [-0.1, -0.05) is 189 Å². The van der Waals surface area contributed by atoms with E-state index in [1.54, 1.807) is 0 Å². The summed E-state index contributed by atoms with van der Waals surface area (Å²) in [6, 6.07) is 0. The van der Waals surface area contributed by atoms with E-state index in [0.29, 0.717) is 19.3 Å². The van der Waals surface area contributed by atoms with Gasteiger partial charge in [0.05, 0.1) is 0 Å². The van der Waals surface area contributed by atoms with E-state index in [-0.39, 0.29) is 31.1 Å². The van der Waals surface area contributed by atoms with Crippen molar-refractivity contribution in [1.29, 1.82) is 0 Å². The SMILES string of the molecule is CCCCCCCCCCCCCCC(=O)O[C@@H](COC(=O)CCCCCCCCCC(C)C)COC(=O)CCCCCCCCC(C)C. The molecule has 0 fully saturated rings. The van der Waals surface area contributed by atoms with Gasteiger partial charge in [0, 0.05) is 19.3 Å². The average Bonchev–Trinajstić information content (AvgIpc) is 3.06. The molecule has 0 aromatic heterocycles. The quantitative estimate of drug-likeness (QED) is 0.0366. The van der Waals surface area contributed by atoms with E-state index >= 15 is 0 Å². The Hall–Kier alpha value is -1.59. The van der Waals surface area contributed by atoms with E-state index in [1.165, 1.54) is 116 Å². The van der Waals surface area contributed by atoms with Crippen molar-refractivity contribution < 1.29 is 28.6 Å². The van der Waals surface area contributed by atoms with Gasteiger partial charge in [-0.2, -0.15) is 0 Å². The monoisotopic (exact) mass is 695 g/mol. The van der Waals surface area contributed by atoms with Gasteiger partial charge in [-0.05, 0) is 31.1 Å². The van der Waals surface area contributed by atoms with E-state index in [2.05, 4.69) is 34.6 Å². The number of carbonyl (C=O) groups is 3. The molecule has 0 bridgehead atoms. The summed E-state index contributed by atoms with van der Waals surface area (Å²) in [5, 5.41) is 0. The Bertz CT molecular complexity index is 749.